The van der Waals surface area contributed by atoms with Gasteiger partial charge in [-0.15, -0.1) is 0 Å². The van der Waals surface area contributed by atoms with Gasteiger partial charge >= 0.3 is 6.09 Å². The first-order chi connectivity index (χ1) is 8.00. The fourth-order valence-corrected chi connectivity index (χ4v) is 1.85. The Morgan fingerprint density at radius 3 is 2.28 bits per heavy atom. The van der Waals surface area contributed by atoms with Gasteiger partial charge in [-0.1, -0.05) is 20.8 Å². The molecule has 0 aliphatic carbocycles. The summed E-state index contributed by atoms with van der Waals surface area (Å²) in [4.78, 5) is 25.2. The third-order valence-electron chi connectivity index (χ3n) is 2.64. The summed E-state index contributed by atoms with van der Waals surface area (Å²) in [5, 5.41) is 2.86. The van der Waals surface area contributed by atoms with Gasteiger partial charge in [-0.2, -0.15) is 0 Å². The molecule has 0 spiro atoms. The molecule has 1 fully saturated rings. The molecule has 18 heavy (non-hydrogen) atoms. The lowest BCUT2D eigenvalue weighted by Crippen LogP contribution is -2.61. The molecule has 5 heteroatoms. The van der Waals surface area contributed by atoms with E-state index in [-0.39, 0.29) is 23.6 Å². The number of amides is 2. The van der Waals surface area contributed by atoms with Crippen molar-refractivity contribution in [1.82, 2.24) is 10.2 Å². The molecule has 1 atom stereocenters. The summed E-state index contributed by atoms with van der Waals surface area (Å²) in [5.74, 6) is -0.0188. The summed E-state index contributed by atoms with van der Waals surface area (Å²) in [7, 11) is 0. The molecule has 0 saturated carbocycles. The van der Waals surface area contributed by atoms with Crippen LogP contribution in [0.25, 0.3) is 0 Å². The lowest BCUT2D eigenvalue weighted by atomic mass is 9.90. The van der Waals surface area contributed by atoms with Crippen molar-refractivity contribution in [2.45, 2.75) is 59.7 Å². The van der Waals surface area contributed by atoms with E-state index in [1.165, 1.54) is 0 Å². The largest absolute Gasteiger partial charge is 0.444 e. The van der Waals surface area contributed by atoms with Crippen molar-refractivity contribution in [3.63, 3.8) is 0 Å². The molecule has 0 aromatic carbocycles. The van der Waals surface area contributed by atoms with Crippen LogP contribution < -0.4 is 5.32 Å². The first kappa shape index (κ1) is 14.8. The second-order valence-electron chi connectivity index (χ2n) is 6.76. The second-order valence-corrected chi connectivity index (χ2v) is 6.76. The Morgan fingerprint density at radius 1 is 1.28 bits per heavy atom. The predicted molar refractivity (Wildman–Crippen MR) is 68.9 cm³/mol. The van der Waals surface area contributed by atoms with Crippen LogP contribution in [0.1, 0.15) is 48.0 Å². The van der Waals surface area contributed by atoms with Gasteiger partial charge in [0.2, 0.25) is 5.91 Å². The predicted octanol–water partition coefficient (Wildman–Crippen LogP) is 2.12. The Balaban J connectivity index is 2.84. The number of nitrogens with zero attached hydrogens (tertiary/aromatic N) is 1. The maximum atomic E-state index is 12.1. The minimum Gasteiger partial charge on any atom is -0.444 e. The molecule has 1 rings (SSSR count). The van der Waals surface area contributed by atoms with E-state index in [1.54, 1.807) is 4.90 Å². The van der Waals surface area contributed by atoms with E-state index in [0.29, 0.717) is 13.0 Å². The quantitative estimate of drug-likeness (QED) is 0.722. The van der Waals surface area contributed by atoms with E-state index in [4.69, 9.17) is 4.74 Å². The highest BCUT2D eigenvalue weighted by Gasteiger charge is 2.39. The zero-order valence-corrected chi connectivity index (χ0v) is 12.2. The number of hydrogen-bond acceptors (Lipinski definition) is 3. The maximum absolute atomic E-state index is 12.1. The number of nitrogens with one attached hydrogen (secondary N) is 1. The molecular weight excluding hydrogens is 232 g/mol. The molecule has 0 radical (unpaired) electrons. The number of rotatable bonds is 0. The van der Waals surface area contributed by atoms with Crippen LogP contribution in [0.15, 0.2) is 0 Å². The number of carbonyl (C=O) groups is 2. The highest BCUT2D eigenvalue weighted by Crippen LogP contribution is 2.26. The van der Waals surface area contributed by atoms with Crippen LogP contribution in [0, 0.1) is 5.41 Å². The van der Waals surface area contributed by atoms with Gasteiger partial charge in [0.1, 0.15) is 11.8 Å². The van der Waals surface area contributed by atoms with E-state index < -0.39 is 5.60 Å². The van der Waals surface area contributed by atoms with Crippen LogP contribution in [0.4, 0.5) is 4.79 Å². The Bertz CT molecular complexity index is 339. The van der Waals surface area contributed by atoms with Crippen LogP contribution in [-0.2, 0) is 9.53 Å². The molecule has 0 bridgehead atoms. The minimum atomic E-state index is -0.527. The van der Waals surface area contributed by atoms with E-state index in [9.17, 15) is 9.59 Å². The molecule has 104 valence electrons. The lowest BCUT2D eigenvalue weighted by Gasteiger charge is -2.43. The smallest absolute Gasteiger partial charge is 0.411 e. The third kappa shape index (κ3) is 3.89. The van der Waals surface area contributed by atoms with Crippen LogP contribution in [0.3, 0.4) is 0 Å². The Kier molecular flexibility index (Phi) is 3.93. The maximum Gasteiger partial charge on any atom is 0.411 e. The molecule has 1 unspecified atom stereocenters. The van der Waals surface area contributed by atoms with E-state index >= 15 is 0 Å². The Hall–Kier alpha value is -1.26. The molecule has 1 saturated heterocycles. The van der Waals surface area contributed by atoms with Gasteiger partial charge in [0.15, 0.2) is 0 Å². The monoisotopic (exact) mass is 256 g/mol. The standard InChI is InChI=1S/C13H24N2O3/c1-12(2,3)10-14-9(16)7-8-15(10)11(17)18-13(4,5)6/h10H,7-8H2,1-6H3,(H,14,16). The molecule has 5 nitrogen and oxygen atoms in total. The lowest BCUT2D eigenvalue weighted by molar-refractivity contribution is -0.128. The third-order valence-corrected chi connectivity index (χ3v) is 2.64. The van der Waals surface area contributed by atoms with Gasteiger partial charge in [-0.3, -0.25) is 9.69 Å². The summed E-state index contributed by atoms with van der Waals surface area (Å²) in [6.07, 6.45) is -0.373. The molecule has 2 amide bonds. The average Bonchev–Trinajstić information content (AvgIpc) is 2.13. The molecule has 1 heterocycles. The van der Waals surface area contributed by atoms with Crippen molar-refractivity contribution in [1.29, 1.82) is 0 Å². The number of ether oxygens (including phenoxy) is 1. The van der Waals surface area contributed by atoms with Crippen molar-refractivity contribution in [3.8, 4) is 0 Å². The normalized spacial score (nSPS) is 21.6. The fourth-order valence-electron chi connectivity index (χ4n) is 1.85. The van der Waals surface area contributed by atoms with Gasteiger partial charge in [-0.25, -0.2) is 4.79 Å². The molecule has 0 aromatic heterocycles. The first-order valence-corrected chi connectivity index (χ1v) is 6.30. The van der Waals surface area contributed by atoms with Crippen molar-refractivity contribution >= 4 is 12.0 Å². The van der Waals surface area contributed by atoms with E-state index in [0.717, 1.165) is 0 Å². The van der Waals surface area contributed by atoms with Crippen LogP contribution in [-0.4, -0.2) is 35.2 Å². The number of hydrogen-bond donors (Lipinski definition) is 1. The van der Waals surface area contributed by atoms with Crippen molar-refractivity contribution < 1.29 is 14.3 Å². The van der Waals surface area contributed by atoms with E-state index in [2.05, 4.69) is 5.32 Å². The van der Waals surface area contributed by atoms with Crippen molar-refractivity contribution in [2.24, 2.45) is 5.41 Å². The highest BCUT2D eigenvalue weighted by atomic mass is 16.6. The van der Waals surface area contributed by atoms with Gasteiger partial charge in [0, 0.05) is 18.4 Å². The molecular formula is C13H24N2O3. The molecule has 1 aliphatic heterocycles. The van der Waals surface area contributed by atoms with Crippen LogP contribution in [0.2, 0.25) is 0 Å². The van der Waals surface area contributed by atoms with Gasteiger partial charge < -0.3 is 10.1 Å². The summed E-state index contributed by atoms with van der Waals surface area (Å²) in [6, 6.07) is 0. The van der Waals surface area contributed by atoms with Gasteiger partial charge in [0.05, 0.1) is 0 Å². The van der Waals surface area contributed by atoms with Crippen LogP contribution >= 0.6 is 0 Å². The molecule has 1 aliphatic rings. The fraction of sp³-hybridized carbons (Fsp3) is 0.846. The van der Waals surface area contributed by atoms with Crippen molar-refractivity contribution in [2.75, 3.05) is 6.54 Å². The molecule has 0 aromatic rings. The first-order valence-electron chi connectivity index (χ1n) is 6.30. The zero-order chi connectivity index (χ0) is 14.1. The second kappa shape index (κ2) is 4.78. The average molecular weight is 256 g/mol. The van der Waals surface area contributed by atoms with E-state index in [1.807, 2.05) is 41.5 Å². The van der Waals surface area contributed by atoms with Gasteiger partial charge in [0.25, 0.3) is 0 Å². The highest BCUT2D eigenvalue weighted by molar-refractivity contribution is 5.80. The topological polar surface area (TPSA) is 58.6 Å². The summed E-state index contributed by atoms with van der Waals surface area (Å²) in [6.45, 7) is 11.9. The zero-order valence-electron chi connectivity index (χ0n) is 12.2. The van der Waals surface area contributed by atoms with Crippen molar-refractivity contribution in [3.05, 3.63) is 0 Å². The Morgan fingerprint density at radius 2 is 1.83 bits per heavy atom. The molecule has 1 N–H and O–H groups in total. The SMILES string of the molecule is CC(C)(C)OC(=O)N1CCC(=O)NC1C(C)(C)C. The summed E-state index contributed by atoms with van der Waals surface area (Å²) in [5.41, 5.74) is -0.756. The van der Waals surface area contributed by atoms with Crippen LogP contribution in [0.5, 0.6) is 0 Å². The Labute approximate surface area is 109 Å². The number of carbonyl (C=O) groups excluding carboxylic acids is 2. The summed E-state index contributed by atoms with van der Waals surface area (Å²) >= 11 is 0. The minimum absolute atomic E-state index is 0.0188. The summed E-state index contributed by atoms with van der Waals surface area (Å²) < 4.78 is 5.37. The van der Waals surface area contributed by atoms with Gasteiger partial charge in [-0.05, 0) is 20.8 Å².